The molecule has 5 rings (SSSR count). The van der Waals surface area contributed by atoms with Crippen molar-refractivity contribution in [1.29, 1.82) is 0 Å². The summed E-state index contributed by atoms with van der Waals surface area (Å²) in [6, 6.07) is 2.88. The zero-order valence-electron chi connectivity index (χ0n) is 16.8. The number of benzene rings is 1. The number of rotatable bonds is 4. The summed E-state index contributed by atoms with van der Waals surface area (Å²) in [5, 5.41) is -0.216. The lowest BCUT2D eigenvalue weighted by Gasteiger charge is -2.39. The van der Waals surface area contributed by atoms with Gasteiger partial charge in [-0.3, -0.25) is 9.21 Å². The minimum absolute atomic E-state index is 0.0175. The molecule has 0 spiro atoms. The molecular weight excluding hydrogens is 412 g/mol. The van der Waals surface area contributed by atoms with E-state index in [1.165, 1.54) is 5.57 Å². The lowest BCUT2D eigenvalue weighted by atomic mass is 9.93. The molecule has 1 saturated heterocycles. The number of ether oxygens (including phenoxy) is 1. The summed E-state index contributed by atoms with van der Waals surface area (Å²) in [4.78, 5) is 2.23. The molecule has 2 N–H and O–H groups in total. The van der Waals surface area contributed by atoms with Crippen molar-refractivity contribution in [3.8, 4) is 0 Å². The quantitative estimate of drug-likeness (QED) is 0.779. The highest BCUT2D eigenvalue weighted by Crippen LogP contribution is 2.39. The van der Waals surface area contributed by atoms with Crippen LogP contribution >= 0.6 is 0 Å². The first kappa shape index (κ1) is 20.4. The number of nitrogens with two attached hydrogens (primary N) is 1. The summed E-state index contributed by atoms with van der Waals surface area (Å²) in [5.41, 5.74) is 8.60. The van der Waals surface area contributed by atoms with Crippen molar-refractivity contribution >= 4 is 10.0 Å². The summed E-state index contributed by atoms with van der Waals surface area (Å²) in [7, 11) is -3.25. The van der Waals surface area contributed by atoms with E-state index < -0.39 is 33.8 Å². The third-order valence-corrected chi connectivity index (χ3v) is 9.06. The van der Waals surface area contributed by atoms with Crippen LogP contribution in [0.2, 0.25) is 0 Å². The van der Waals surface area contributed by atoms with Gasteiger partial charge in [0.05, 0.1) is 11.9 Å². The van der Waals surface area contributed by atoms with Gasteiger partial charge in [-0.15, -0.1) is 0 Å². The second-order valence-electron chi connectivity index (χ2n) is 8.85. The molecule has 0 radical (unpaired) electrons. The number of sulfonamides is 1. The van der Waals surface area contributed by atoms with Gasteiger partial charge >= 0.3 is 0 Å². The highest BCUT2D eigenvalue weighted by Gasteiger charge is 2.45. The lowest BCUT2D eigenvalue weighted by molar-refractivity contribution is -0.0467. The van der Waals surface area contributed by atoms with Crippen LogP contribution in [0.25, 0.3) is 0 Å². The smallest absolute Gasteiger partial charge is 0.237 e. The van der Waals surface area contributed by atoms with Gasteiger partial charge in [0.25, 0.3) is 0 Å². The number of hydrogen-bond acceptors (Lipinski definition) is 5. The first-order valence-electron chi connectivity index (χ1n) is 10.6. The van der Waals surface area contributed by atoms with Crippen LogP contribution in [0.3, 0.4) is 0 Å². The van der Waals surface area contributed by atoms with Gasteiger partial charge in [-0.25, -0.2) is 17.2 Å². The van der Waals surface area contributed by atoms with E-state index in [9.17, 15) is 17.2 Å². The zero-order chi connectivity index (χ0) is 21.0. The van der Waals surface area contributed by atoms with Crippen LogP contribution in [0, 0.1) is 11.6 Å². The maximum atomic E-state index is 14.2. The molecule has 9 heteroatoms. The van der Waals surface area contributed by atoms with Crippen LogP contribution in [-0.4, -0.2) is 61.2 Å². The predicted molar refractivity (Wildman–Crippen MR) is 108 cm³/mol. The van der Waals surface area contributed by atoms with E-state index in [1.807, 2.05) is 0 Å². The van der Waals surface area contributed by atoms with Crippen molar-refractivity contribution in [2.45, 2.75) is 55.5 Å². The minimum Gasteiger partial charge on any atom is -0.370 e. The molecule has 0 amide bonds. The van der Waals surface area contributed by atoms with E-state index in [2.05, 4.69) is 4.90 Å². The number of hydrogen-bond donors (Lipinski definition) is 1. The largest absolute Gasteiger partial charge is 0.370 e. The standard InChI is InChI=1S/C21H27F2N3O3S/c22-14-3-6-18(23)17(8-14)21-19(24)9-15(12-29-21)25-10-13-2-1-7-26(20(13)11-25)30(27,28)16-4-5-16/h3,6,8,15-16,19,21H,1-2,4-5,7,9-12,24H2/t15-,19+,21-/m1/s1. The van der Waals surface area contributed by atoms with Gasteiger partial charge in [0, 0.05) is 43.0 Å². The Balaban J connectivity index is 1.28. The van der Waals surface area contributed by atoms with Gasteiger partial charge in [-0.1, -0.05) is 0 Å². The normalized spacial score (nSPS) is 30.6. The molecule has 4 aliphatic rings. The second-order valence-corrected chi connectivity index (χ2v) is 11.0. The van der Waals surface area contributed by atoms with Crippen molar-refractivity contribution in [1.82, 2.24) is 9.21 Å². The fraction of sp³-hybridized carbons (Fsp3) is 0.619. The van der Waals surface area contributed by atoms with E-state index >= 15 is 0 Å². The molecule has 0 aromatic heterocycles. The maximum Gasteiger partial charge on any atom is 0.237 e. The monoisotopic (exact) mass is 439 g/mol. The van der Waals surface area contributed by atoms with Crippen LogP contribution in [0.1, 0.15) is 43.8 Å². The molecule has 3 atom stereocenters. The summed E-state index contributed by atoms with van der Waals surface area (Å²) in [6.45, 7) is 2.20. The molecule has 3 aliphatic heterocycles. The van der Waals surface area contributed by atoms with Crippen LogP contribution < -0.4 is 5.73 Å². The molecule has 3 heterocycles. The minimum atomic E-state index is -3.25. The Morgan fingerprint density at radius 2 is 1.97 bits per heavy atom. The van der Waals surface area contributed by atoms with E-state index in [0.717, 1.165) is 49.6 Å². The van der Waals surface area contributed by atoms with Crippen molar-refractivity contribution in [2.75, 3.05) is 26.2 Å². The van der Waals surface area contributed by atoms with Gasteiger partial charge in [0.15, 0.2) is 0 Å². The van der Waals surface area contributed by atoms with Gasteiger partial charge in [0.2, 0.25) is 10.0 Å². The van der Waals surface area contributed by atoms with Gasteiger partial charge in [0.1, 0.15) is 17.7 Å². The molecule has 30 heavy (non-hydrogen) atoms. The topological polar surface area (TPSA) is 75.9 Å². The van der Waals surface area contributed by atoms with Crippen molar-refractivity contribution in [3.63, 3.8) is 0 Å². The third-order valence-electron chi connectivity index (χ3n) is 6.73. The summed E-state index contributed by atoms with van der Waals surface area (Å²) >= 11 is 0. The maximum absolute atomic E-state index is 14.2. The predicted octanol–water partition coefficient (Wildman–Crippen LogP) is 2.28. The van der Waals surface area contributed by atoms with E-state index in [4.69, 9.17) is 10.5 Å². The van der Waals surface area contributed by atoms with E-state index in [0.29, 0.717) is 32.7 Å². The molecule has 0 bridgehead atoms. The van der Waals surface area contributed by atoms with E-state index in [1.54, 1.807) is 4.31 Å². The Hall–Kier alpha value is -1.55. The van der Waals surface area contributed by atoms with Gasteiger partial charge in [-0.05, 0) is 55.9 Å². The summed E-state index contributed by atoms with van der Waals surface area (Å²) in [5.74, 6) is -1.03. The Morgan fingerprint density at radius 3 is 2.70 bits per heavy atom. The van der Waals surface area contributed by atoms with Crippen molar-refractivity contribution in [3.05, 3.63) is 46.7 Å². The Morgan fingerprint density at radius 1 is 1.17 bits per heavy atom. The van der Waals surface area contributed by atoms with E-state index in [-0.39, 0.29) is 16.9 Å². The summed E-state index contributed by atoms with van der Waals surface area (Å²) in [6.07, 6.45) is 3.17. The first-order valence-corrected chi connectivity index (χ1v) is 12.1. The first-order chi connectivity index (χ1) is 14.3. The molecular formula is C21H27F2N3O3S. The molecule has 0 unspecified atom stereocenters. The van der Waals surface area contributed by atoms with Crippen molar-refractivity contribution < 1.29 is 21.9 Å². The average Bonchev–Trinajstić information content (AvgIpc) is 3.49. The Kier molecular flexibility index (Phi) is 5.12. The lowest BCUT2D eigenvalue weighted by Crippen LogP contribution is -2.49. The zero-order valence-corrected chi connectivity index (χ0v) is 17.6. The second kappa shape index (κ2) is 7.55. The number of nitrogens with zero attached hydrogens (tertiary/aromatic N) is 2. The molecule has 1 saturated carbocycles. The molecule has 1 aromatic rings. The van der Waals surface area contributed by atoms with Crippen LogP contribution in [-0.2, 0) is 14.8 Å². The van der Waals surface area contributed by atoms with Crippen LogP contribution in [0.5, 0.6) is 0 Å². The average molecular weight is 440 g/mol. The van der Waals surface area contributed by atoms with Crippen LogP contribution in [0.4, 0.5) is 8.78 Å². The molecule has 2 fully saturated rings. The SMILES string of the molecule is N[C@H]1C[C@@H](N2CC3=C(C2)N(S(=O)(=O)C2CC2)CCC3)CO[C@@H]1c1cc(F)ccc1F. The fourth-order valence-corrected chi connectivity index (χ4v) is 6.95. The Labute approximate surface area is 175 Å². The highest BCUT2D eigenvalue weighted by molar-refractivity contribution is 7.90. The third kappa shape index (κ3) is 3.55. The van der Waals surface area contributed by atoms with Crippen molar-refractivity contribution in [2.24, 2.45) is 5.73 Å². The molecule has 164 valence electrons. The van der Waals surface area contributed by atoms with Gasteiger partial charge < -0.3 is 10.5 Å². The fourth-order valence-electron chi connectivity index (χ4n) is 4.98. The molecule has 6 nitrogen and oxygen atoms in total. The van der Waals surface area contributed by atoms with Crippen LogP contribution in [0.15, 0.2) is 29.5 Å². The summed E-state index contributed by atoms with van der Waals surface area (Å²) < 4.78 is 61.0. The Bertz CT molecular complexity index is 980. The highest BCUT2D eigenvalue weighted by atomic mass is 32.2. The molecule has 1 aliphatic carbocycles. The van der Waals surface area contributed by atoms with Gasteiger partial charge in [-0.2, -0.15) is 0 Å². The number of halogens is 2. The molecule has 1 aromatic carbocycles.